The molecule has 17 rings (SSSR count). The minimum Gasteiger partial charge on any atom is -0.247 e. The lowest BCUT2D eigenvalue weighted by atomic mass is 10.0. The van der Waals surface area contributed by atoms with Gasteiger partial charge in [-0.15, -0.1) is 0 Å². The first-order chi connectivity index (χ1) is 60.8. The molecule has 22 heteroatoms. The van der Waals surface area contributed by atoms with Gasteiger partial charge in [-0.25, -0.2) is 82.7 Å². The van der Waals surface area contributed by atoms with Crippen molar-refractivity contribution in [3.8, 4) is 0 Å². The van der Waals surface area contributed by atoms with E-state index in [0.717, 1.165) is 77.9 Å². The average Bonchev–Trinajstić information content (AvgIpc) is 0.746. The molecule has 0 spiro atoms. The van der Waals surface area contributed by atoms with E-state index >= 15 is 0 Å². The van der Waals surface area contributed by atoms with Crippen molar-refractivity contribution in [1.82, 2.24) is 0 Å². The Hall–Kier alpha value is -17.2. The molecular formula is C102H70N14O8. The first-order valence-electron chi connectivity index (χ1n) is 39.7. The molecule has 0 saturated carbocycles. The molecule has 14 aromatic carbocycles. The molecule has 0 N–H and O–H groups in total. The van der Waals surface area contributed by atoms with Crippen molar-refractivity contribution in [1.29, 1.82) is 0 Å². The number of nitrogens with zero attached hydrogens (tertiary/aromatic N) is 14. The number of urea groups is 3. The molecular weight excluding hydrogens is 1550 g/mol. The fraction of sp³-hybridized carbons (Fsp3) is 0.0686. The highest BCUT2D eigenvalue weighted by Crippen LogP contribution is 2.39. The van der Waals surface area contributed by atoms with Crippen molar-refractivity contribution < 1.29 is 38.4 Å². The smallest absolute Gasteiger partial charge is 0.247 e. The van der Waals surface area contributed by atoms with Crippen LogP contribution in [0.3, 0.4) is 0 Å². The molecule has 0 atom stereocenters. The van der Waals surface area contributed by atoms with Crippen LogP contribution in [0.1, 0.15) is 77.9 Å². The van der Waals surface area contributed by atoms with E-state index in [0.29, 0.717) is 142 Å². The van der Waals surface area contributed by atoms with Crippen LogP contribution in [0, 0.1) is 0 Å². The molecule has 124 heavy (non-hydrogen) atoms. The third kappa shape index (κ3) is 18.1. The van der Waals surface area contributed by atoms with E-state index < -0.39 is 0 Å². The van der Waals surface area contributed by atoms with Crippen molar-refractivity contribution >= 4 is 146 Å². The van der Waals surface area contributed by atoms with E-state index in [1.807, 2.05) is 279 Å². The number of isocyanates is 5. The topological polar surface area (TPSA) is 255 Å². The van der Waals surface area contributed by atoms with Crippen molar-refractivity contribution in [3.05, 3.63) is 418 Å². The SMILES string of the molecule is O=C=Nc1ccc(Cc2ccc(N=C3N(c4ccc(Cc5ccc(N=C=O)cc5)cc4)C(=O)N3c3ccc(Cc4ccc(N=C5N(c6ccc(Cc7ccc(N=C=O)cc7)cc6)C(=O)N5c5ccc(Cc6ccc(N7C(=O)N(c8ccc(Cc9ccc(N=C=O)cc9)cc8)C7=Nc7ccc(Cc8ccc(N=C=O)cc8)cc7)cc6)cc5)cc4)cc3)cc2)cc1. The predicted octanol–water partition coefficient (Wildman–Crippen LogP) is 22.1. The van der Waals surface area contributed by atoms with Crippen molar-refractivity contribution in [2.45, 2.75) is 44.9 Å². The van der Waals surface area contributed by atoms with Gasteiger partial charge >= 0.3 is 18.1 Å². The minimum atomic E-state index is -0.294. The maximum atomic E-state index is 14.7. The van der Waals surface area contributed by atoms with Crippen LogP contribution >= 0.6 is 0 Å². The van der Waals surface area contributed by atoms with E-state index in [1.165, 1.54) is 0 Å². The second kappa shape index (κ2) is 36.3. The maximum absolute atomic E-state index is 14.7. The summed E-state index contributed by atoms with van der Waals surface area (Å²) in [5, 5.41) is 0. The third-order valence-electron chi connectivity index (χ3n) is 21.4. The monoisotopic (exact) mass is 1620 g/mol. The van der Waals surface area contributed by atoms with Gasteiger partial charge in [0.25, 0.3) is 0 Å². The summed E-state index contributed by atoms with van der Waals surface area (Å²) in [6, 6.07) is 106. The van der Waals surface area contributed by atoms with Crippen LogP contribution in [-0.4, -0.2) is 66.4 Å². The highest BCUT2D eigenvalue weighted by atomic mass is 16.2. The van der Waals surface area contributed by atoms with E-state index in [-0.39, 0.29) is 18.1 Å². The lowest BCUT2D eigenvalue weighted by Crippen LogP contribution is -2.65. The van der Waals surface area contributed by atoms with Crippen LogP contribution in [0.15, 0.2) is 380 Å². The van der Waals surface area contributed by atoms with Gasteiger partial charge in [-0.2, -0.15) is 25.0 Å². The molecule has 3 fully saturated rings. The highest BCUT2D eigenvalue weighted by molar-refractivity contribution is 6.45. The van der Waals surface area contributed by atoms with E-state index in [2.05, 4.69) is 25.0 Å². The highest BCUT2D eigenvalue weighted by Gasteiger charge is 2.46. The zero-order valence-corrected chi connectivity index (χ0v) is 66.3. The zero-order chi connectivity index (χ0) is 84.8. The Bertz CT molecular complexity index is 6700. The normalized spacial score (nSPS) is 13.7. The third-order valence-corrected chi connectivity index (χ3v) is 21.4. The van der Waals surface area contributed by atoms with Crippen molar-refractivity contribution in [3.63, 3.8) is 0 Å². The second-order valence-electron chi connectivity index (χ2n) is 29.7. The lowest BCUT2D eigenvalue weighted by Gasteiger charge is -2.42. The van der Waals surface area contributed by atoms with Gasteiger partial charge in [0, 0.05) is 0 Å². The fourth-order valence-electron chi connectivity index (χ4n) is 15.0. The molecule has 14 aromatic rings. The Balaban J connectivity index is 0.596. The number of rotatable bonds is 28. The molecule has 3 saturated heterocycles. The Morgan fingerprint density at radius 2 is 0.274 bits per heavy atom. The summed E-state index contributed by atoms with van der Waals surface area (Å²) in [7, 11) is 0. The number of amides is 6. The fourth-order valence-corrected chi connectivity index (χ4v) is 15.0. The standard InChI is InChI=1S/C102H70N14O8/c117-64-103-83-29-1-69(2-30-83)57-74-11-39-88(40-12-74)108-97-111(91-45-17-77(18-46-91)59-71-5-33-85(34-6-71)105-66-119)100(122)114(97)94-51-23-80(24-52-94)62-76-15-43-90(44-16-76)110-99-113(93-49-21-79(22-50-93)61-73-9-37-87(38-10-73)107-68-121)102(124)116(99)96-55-27-82(28-56-96)63-81-25-53-95(54-26-81)115-98(109-89-41-13-75(14-42-89)58-70-3-31-84(32-4-70)104-65-118)112(101(115)123)92-47-19-78(20-48-92)60-72-7-35-86(36-8-72)106-67-120/h1-56H,57-63H2. The first kappa shape index (κ1) is 79.3. The maximum Gasteiger partial charge on any atom is 0.342 e. The summed E-state index contributed by atoms with van der Waals surface area (Å²) in [6.45, 7) is 0. The first-order valence-corrected chi connectivity index (χ1v) is 39.7. The van der Waals surface area contributed by atoms with Gasteiger partial charge in [-0.3, -0.25) is 0 Å². The summed E-state index contributed by atoms with van der Waals surface area (Å²) in [5.74, 6) is 1.25. The van der Waals surface area contributed by atoms with Gasteiger partial charge in [0.1, 0.15) is 0 Å². The molecule has 0 aromatic heterocycles. The number of aliphatic imine (C=N–C) groups is 8. The molecule has 0 aliphatic carbocycles. The average molecular weight is 1620 g/mol. The van der Waals surface area contributed by atoms with Gasteiger partial charge in [-0.05, 0) is 293 Å². The molecule has 3 aliphatic heterocycles. The number of anilines is 6. The van der Waals surface area contributed by atoms with Crippen molar-refractivity contribution in [2.24, 2.45) is 39.9 Å². The summed E-state index contributed by atoms with van der Waals surface area (Å²) >= 11 is 0. The van der Waals surface area contributed by atoms with Crippen molar-refractivity contribution in [2.75, 3.05) is 29.4 Å². The quantitative estimate of drug-likeness (QED) is 0.0336. The lowest BCUT2D eigenvalue weighted by molar-refractivity contribution is 0.252. The van der Waals surface area contributed by atoms with Crippen LogP contribution in [0.2, 0.25) is 0 Å². The molecule has 3 aliphatic rings. The van der Waals surface area contributed by atoms with Crippen LogP contribution < -0.4 is 29.4 Å². The summed E-state index contributed by atoms with van der Waals surface area (Å²) in [5.41, 5.74) is 22.6. The summed E-state index contributed by atoms with van der Waals surface area (Å²) in [4.78, 5) is 141. The number of carbonyl (C=O) groups excluding carboxylic acids is 8. The Morgan fingerprint density at radius 3 is 0.395 bits per heavy atom. The van der Waals surface area contributed by atoms with E-state index in [4.69, 9.17) is 15.0 Å². The van der Waals surface area contributed by atoms with Gasteiger partial charge in [-0.1, -0.05) is 170 Å². The van der Waals surface area contributed by atoms with Crippen LogP contribution in [0.5, 0.6) is 0 Å². The van der Waals surface area contributed by atoms with Gasteiger partial charge in [0.2, 0.25) is 48.3 Å². The van der Waals surface area contributed by atoms with E-state index in [9.17, 15) is 38.4 Å². The molecule has 0 radical (unpaired) electrons. The van der Waals surface area contributed by atoms with Gasteiger partial charge < -0.3 is 0 Å². The van der Waals surface area contributed by atoms with Crippen LogP contribution in [0.4, 0.5) is 94.0 Å². The Morgan fingerprint density at radius 1 is 0.161 bits per heavy atom. The summed E-state index contributed by atoms with van der Waals surface area (Å²) in [6.07, 6.45) is 12.1. The number of hydrogen-bond donors (Lipinski definition) is 0. The number of hydrogen-bond acceptors (Lipinski definition) is 16. The molecule has 596 valence electrons. The number of carbonyl (C=O) groups is 3. The van der Waals surface area contributed by atoms with E-state index in [1.54, 1.807) is 120 Å². The summed E-state index contributed by atoms with van der Waals surface area (Å²) < 4.78 is 0. The van der Waals surface area contributed by atoms with Gasteiger partial charge in [0.05, 0.1) is 79.6 Å². The molecule has 3 heterocycles. The molecule has 6 amide bonds. The van der Waals surface area contributed by atoms with Crippen LogP contribution in [0.25, 0.3) is 0 Å². The van der Waals surface area contributed by atoms with Gasteiger partial charge in [0.15, 0.2) is 0 Å². The molecule has 22 nitrogen and oxygen atoms in total. The largest absolute Gasteiger partial charge is 0.342 e. The number of benzene rings is 14. The number of guanidine groups is 3. The predicted molar refractivity (Wildman–Crippen MR) is 481 cm³/mol. The van der Waals surface area contributed by atoms with Crippen LogP contribution in [-0.2, 0) is 68.9 Å². The Kier molecular flexibility index (Phi) is 23.2. The Labute approximate surface area is 712 Å². The molecule has 0 bridgehead atoms. The minimum absolute atomic E-state index is 0.276. The second-order valence-corrected chi connectivity index (χ2v) is 29.7. The molecule has 0 unspecified atom stereocenters. The zero-order valence-electron chi connectivity index (χ0n) is 66.3.